The molecule has 6 N–H and O–H groups in total. The molecular weight excluding hydrogens is 588 g/mol. The third-order valence-electron chi connectivity index (χ3n) is 6.04. The van der Waals surface area contributed by atoms with Crippen molar-refractivity contribution >= 4 is 41.4 Å². The molecule has 1 amide bonds. The van der Waals surface area contributed by atoms with E-state index in [9.17, 15) is 27.2 Å². The van der Waals surface area contributed by atoms with E-state index in [2.05, 4.69) is 20.6 Å². The number of alkyl halides is 3. The number of nitrogens with zero attached hydrogens (tertiary/aromatic N) is 2. The maximum absolute atomic E-state index is 13.6. The normalized spacial score (nSPS) is 12.0. The maximum Gasteiger partial charge on any atom is 0.398 e. The number of carbonyl (C=O) groups excluding carboxylic acids is 2. The Hall–Kier alpha value is -4.03. The van der Waals surface area contributed by atoms with Gasteiger partial charge in [-0.25, -0.2) is 9.37 Å². The van der Waals surface area contributed by atoms with Crippen molar-refractivity contribution in [3.8, 4) is 11.3 Å². The smallest absolute Gasteiger partial charge is 0.397 e. The van der Waals surface area contributed by atoms with Crippen LogP contribution in [0.25, 0.3) is 11.3 Å². The lowest BCUT2D eigenvalue weighted by Gasteiger charge is -2.23. The summed E-state index contributed by atoms with van der Waals surface area (Å²) in [5, 5.41) is 5.89. The van der Waals surface area contributed by atoms with Crippen LogP contribution in [-0.2, 0) is 0 Å². The highest BCUT2D eigenvalue weighted by molar-refractivity contribution is 6.34. The van der Waals surface area contributed by atoms with Crippen molar-refractivity contribution < 1.29 is 27.2 Å². The molecule has 0 aliphatic heterocycles. The van der Waals surface area contributed by atoms with E-state index in [1.807, 2.05) is 13.8 Å². The van der Waals surface area contributed by atoms with E-state index >= 15 is 0 Å². The number of hydrogen-bond donors (Lipinski definition) is 4. The molecule has 2 aromatic carbocycles. The highest BCUT2D eigenvalue weighted by atomic mass is 35.5. The van der Waals surface area contributed by atoms with Gasteiger partial charge in [-0.1, -0.05) is 25.4 Å². The van der Waals surface area contributed by atoms with Gasteiger partial charge >= 0.3 is 6.18 Å². The Morgan fingerprint density at radius 1 is 1.14 bits per heavy atom. The van der Waals surface area contributed by atoms with Crippen molar-refractivity contribution in [2.75, 3.05) is 37.7 Å². The number of benzene rings is 2. The number of rotatable bonds is 12. The number of carbonyl (C=O) groups is 2. The number of primary amides is 1. The average molecular weight is 623 g/mol. The van der Waals surface area contributed by atoms with E-state index in [0.717, 1.165) is 25.3 Å². The number of aliphatic imine (C=N–C) groups is 1. The summed E-state index contributed by atoms with van der Waals surface area (Å²) in [4.78, 5) is 31.0. The highest BCUT2D eigenvalue weighted by Crippen LogP contribution is 2.38. The van der Waals surface area contributed by atoms with Gasteiger partial charge in [0, 0.05) is 42.5 Å². The maximum atomic E-state index is 13.6. The molecule has 0 fully saturated rings. The van der Waals surface area contributed by atoms with Gasteiger partial charge in [0.05, 0.1) is 33.3 Å². The molecule has 1 atom stereocenters. The molecule has 13 heteroatoms. The van der Waals surface area contributed by atoms with Gasteiger partial charge in [-0.05, 0) is 62.4 Å². The second-order valence-electron chi connectivity index (χ2n) is 9.43. The lowest BCUT2D eigenvalue weighted by atomic mass is 9.98. The number of nitrogen functional groups attached to an aromatic ring is 1. The highest BCUT2D eigenvalue weighted by Gasteiger charge is 2.42. The Morgan fingerprint density at radius 2 is 1.81 bits per heavy atom. The van der Waals surface area contributed by atoms with Crippen molar-refractivity contribution in [3.05, 3.63) is 75.7 Å². The summed E-state index contributed by atoms with van der Waals surface area (Å²) < 4.78 is 54.0. The Labute approximate surface area is 252 Å². The number of pyridine rings is 1. The fraction of sp³-hybridized carbons (Fsp3) is 0.333. The number of nitrogens with two attached hydrogens (primary N) is 2. The fourth-order valence-electron chi connectivity index (χ4n) is 3.90. The summed E-state index contributed by atoms with van der Waals surface area (Å²) >= 11 is 5.86. The Kier molecular flexibility index (Phi) is 13.5. The molecule has 0 aliphatic rings. The van der Waals surface area contributed by atoms with Crippen LogP contribution in [0, 0.1) is 5.82 Å². The zero-order chi connectivity index (χ0) is 32.2. The monoisotopic (exact) mass is 622 g/mol. The van der Waals surface area contributed by atoms with Crippen LogP contribution < -0.4 is 22.1 Å². The third-order valence-corrected chi connectivity index (χ3v) is 6.35. The number of likely N-dealkylation sites (N-methyl/N-ethyl adjacent to an activating group) is 1. The molecule has 0 bridgehead atoms. The summed E-state index contributed by atoms with van der Waals surface area (Å²) in [6.45, 7) is 4.70. The first kappa shape index (κ1) is 35.2. The van der Waals surface area contributed by atoms with Gasteiger partial charge < -0.3 is 22.1 Å². The third kappa shape index (κ3) is 10.0. The van der Waals surface area contributed by atoms with Crippen molar-refractivity contribution in [3.63, 3.8) is 0 Å². The quantitative estimate of drug-likeness (QED) is 0.0818. The van der Waals surface area contributed by atoms with Crippen molar-refractivity contribution in [1.82, 2.24) is 10.3 Å². The lowest BCUT2D eigenvalue weighted by molar-refractivity contribution is -0.150. The predicted octanol–water partition coefficient (Wildman–Crippen LogP) is 6.24. The van der Waals surface area contributed by atoms with Crippen molar-refractivity contribution in [2.45, 2.75) is 38.8 Å². The number of aldehydes is 1. The van der Waals surface area contributed by atoms with Crippen LogP contribution >= 0.6 is 11.6 Å². The molecule has 1 aromatic heterocycles. The molecule has 0 saturated heterocycles. The topological polar surface area (TPSA) is 135 Å². The van der Waals surface area contributed by atoms with Gasteiger partial charge in [-0.15, -0.1) is 0 Å². The van der Waals surface area contributed by atoms with E-state index in [-0.39, 0.29) is 22.6 Å². The van der Waals surface area contributed by atoms with Crippen LogP contribution in [0.15, 0.2) is 47.5 Å². The van der Waals surface area contributed by atoms with Crippen LogP contribution in [0.4, 0.5) is 28.9 Å². The minimum absolute atomic E-state index is 0.0943. The summed E-state index contributed by atoms with van der Waals surface area (Å²) in [5.41, 5.74) is 13.1. The summed E-state index contributed by atoms with van der Waals surface area (Å²) in [5.74, 6) is -3.31. The van der Waals surface area contributed by atoms with E-state index < -0.39 is 30.4 Å². The number of nitrogens with one attached hydrogen (secondary N) is 2. The number of halogens is 5. The van der Waals surface area contributed by atoms with E-state index in [1.165, 1.54) is 31.3 Å². The molecule has 1 heterocycles. The summed E-state index contributed by atoms with van der Waals surface area (Å²) in [7, 11) is 1.39. The molecule has 0 spiro atoms. The van der Waals surface area contributed by atoms with Gasteiger partial charge in [0.1, 0.15) is 18.0 Å². The molecule has 0 radical (unpaired) electrons. The zero-order valence-corrected chi connectivity index (χ0v) is 24.8. The molecule has 0 saturated carbocycles. The minimum Gasteiger partial charge on any atom is -0.397 e. The molecule has 1 unspecified atom stereocenters. The Morgan fingerprint density at radius 3 is 2.35 bits per heavy atom. The number of hydrogen-bond acceptors (Lipinski definition) is 7. The number of aromatic nitrogens is 1. The molecule has 232 valence electrons. The van der Waals surface area contributed by atoms with Gasteiger partial charge in [-0.3, -0.25) is 14.6 Å². The summed E-state index contributed by atoms with van der Waals surface area (Å²) in [6, 6.07) is 9.42. The fourth-order valence-corrected chi connectivity index (χ4v) is 4.14. The Balaban J connectivity index is 0.000000362. The zero-order valence-electron chi connectivity index (χ0n) is 24.1. The molecule has 43 heavy (non-hydrogen) atoms. The van der Waals surface area contributed by atoms with Crippen LogP contribution in [0.1, 0.15) is 64.6 Å². The largest absolute Gasteiger partial charge is 0.398 e. The molecule has 3 rings (SSSR count). The average Bonchev–Trinajstić information content (AvgIpc) is 2.96. The van der Waals surface area contributed by atoms with Crippen molar-refractivity contribution in [1.29, 1.82) is 0 Å². The number of anilines is 2. The molecule has 8 nitrogen and oxygen atoms in total. The first-order chi connectivity index (χ1) is 20.4. The van der Waals surface area contributed by atoms with E-state index in [4.69, 9.17) is 23.1 Å². The van der Waals surface area contributed by atoms with E-state index in [1.54, 1.807) is 18.3 Å². The molecular formula is C30H35ClF4N6O2. The van der Waals surface area contributed by atoms with Crippen LogP contribution in [0.3, 0.4) is 0 Å². The van der Waals surface area contributed by atoms with E-state index in [0.29, 0.717) is 40.4 Å². The second kappa shape index (κ2) is 16.6. The van der Waals surface area contributed by atoms with Crippen molar-refractivity contribution in [2.24, 2.45) is 10.7 Å². The SMILES string of the molecule is CCCN=Cc1cc(C=O)cc(Cl)c1N.CCCNc1c(C(N)=O)cc(C(CNC)C(F)(F)F)nc1-c1ccc(F)cc1. The predicted molar refractivity (Wildman–Crippen MR) is 164 cm³/mol. The second-order valence-corrected chi connectivity index (χ2v) is 9.83. The van der Waals surface area contributed by atoms with Gasteiger partial charge in [0.25, 0.3) is 5.91 Å². The molecule has 3 aromatic rings. The Bertz CT molecular complexity index is 1420. The van der Waals surface area contributed by atoms with Gasteiger partial charge in [0.15, 0.2) is 0 Å². The van der Waals surface area contributed by atoms with Crippen LogP contribution in [-0.4, -0.2) is 56.3 Å². The van der Waals surface area contributed by atoms with Crippen LogP contribution in [0.2, 0.25) is 5.02 Å². The first-order valence-electron chi connectivity index (χ1n) is 13.5. The minimum atomic E-state index is -4.58. The van der Waals surface area contributed by atoms with Crippen LogP contribution in [0.5, 0.6) is 0 Å². The lowest BCUT2D eigenvalue weighted by Crippen LogP contribution is -2.31. The first-order valence-corrected chi connectivity index (χ1v) is 13.8. The standard InChI is InChI=1S/C19H22F4N4O.C11H13ClN2O/c1-3-8-26-17-13(18(24)28)9-15(14(10-25-2)19(21,22)23)27-16(17)11-4-6-12(20)7-5-11;1-2-3-14-6-9-4-8(7-15)5-10(12)11(9)13/h4-7,9,14,25-26H,3,8,10H2,1-2H3,(H2,24,28);4-7H,2-3,13H2,1H3. The van der Waals surface area contributed by atoms with Gasteiger partial charge in [-0.2, -0.15) is 13.2 Å². The molecule has 0 aliphatic carbocycles. The van der Waals surface area contributed by atoms with Gasteiger partial charge in [0.2, 0.25) is 0 Å². The number of amides is 1. The summed E-state index contributed by atoms with van der Waals surface area (Å²) in [6.07, 6.45) is -0.519.